The molecule has 0 saturated carbocycles. The highest BCUT2D eigenvalue weighted by Crippen LogP contribution is 2.19. The van der Waals surface area contributed by atoms with Crippen molar-refractivity contribution in [2.45, 2.75) is 5.88 Å². The minimum Gasteiger partial charge on any atom is -0.254 e. The molecule has 0 atom stereocenters. The Morgan fingerprint density at radius 2 is 2.43 bits per heavy atom. The van der Waals surface area contributed by atoms with Crippen molar-refractivity contribution in [1.29, 1.82) is 5.26 Å². The molecular weight excluding hydrogens is 218 g/mol. The number of thiocyanates is 1. The van der Waals surface area contributed by atoms with Crippen LogP contribution in [-0.2, 0) is 5.88 Å². The summed E-state index contributed by atoms with van der Waals surface area (Å²) in [6.07, 6.45) is 1.75. The SMILES string of the molecule is N#CSCn1ncc2cc(Cl)ccc21. The van der Waals surface area contributed by atoms with Crippen molar-refractivity contribution in [2.75, 3.05) is 0 Å². The molecule has 0 radical (unpaired) electrons. The van der Waals surface area contributed by atoms with E-state index in [1.165, 1.54) is 0 Å². The summed E-state index contributed by atoms with van der Waals surface area (Å²) in [5.41, 5.74) is 0.997. The van der Waals surface area contributed by atoms with Crippen LogP contribution in [0.5, 0.6) is 0 Å². The quantitative estimate of drug-likeness (QED) is 0.736. The summed E-state index contributed by atoms with van der Waals surface area (Å²) in [5.74, 6) is 0.543. The Hall–Kier alpha value is -1.18. The molecule has 70 valence electrons. The summed E-state index contributed by atoms with van der Waals surface area (Å²) in [4.78, 5) is 0. The molecule has 0 aliphatic heterocycles. The monoisotopic (exact) mass is 223 g/mol. The van der Waals surface area contributed by atoms with Crippen LogP contribution in [0.1, 0.15) is 0 Å². The summed E-state index contributed by atoms with van der Waals surface area (Å²) in [7, 11) is 0. The summed E-state index contributed by atoms with van der Waals surface area (Å²) < 4.78 is 1.78. The van der Waals surface area contributed by atoms with Gasteiger partial charge in [0.15, 0.2) is 0 Å². The molecule has 0 amide bonds. The van der Waals surface area contributed by atoms with Crippen LogP contribution in [0.4, 0.5) is 0 Å². The molecule has 0 spiro atoms. The maximum Gasteiger partial charge on any atom is 0.135 e. The van der Waals surface area contributed by atoms with Gasteiger partial charge in [0, 0.05) is 10.4 Å². The van der Waals surface area contributed by atoms with Crippen LogP contribution in [0, 0.1) is 10.7 Å². The van der Waals surface area contributed by atoms with E-state index in [0.717, 1.165) is 22.7 Å². The summed E-state index contributed by atoms with van der Waals surface area (Å²) >= 11 is 7.00. The summed E-state index contributed by atoms with van der Waals surface area (Å²) in [6.45, 7) is 0. The van der Waals surface area contributed by atoms with E-state index in [-0.39, 0.29) is 0 Å². The molecule has 1 heterocycles. The van der Waals surface area contributed by atoms with Crippen molar-refractivity contribution < 1.29 is 0 Å². The average molecular weight is 224 g/mol. The van der Waals surface area contributed by atoms with E-state index in [1.54, 1.807) is 10.9 Å². The van der Waals surface area contributed by atoms with Crippen LogP contribution in [0.25, 0.3) is 10.9 Å². The first-order valence-electron chi connectivity index (χ1n) is 3.93. The number of nitrogens with zero attached hydrogens (tertiary/aromatic N) is 3. The zero-order valence-corrected chi connectivity index (χ0v) is 8.72. The molecular formula is C9H6ClN3S. The molecule has 5 heteroatoms. The minimum atomic E-state index is 0.543. The van der Waals surface area contributed by atoms with Gasteiger partial charge in [0.05, 0.1) is 11.7 Å². The molecule has 0 bridgehead atoms. The Bertz CT molecular complexity index is 500. The summed E-state index contributed by atoms with van der Waals surface area (Å²) in [5, 5.41) is 16.3. The fourth-order valence-corrected chi connectivity index (χ4v) is 1.82. The van der Waals surface area contributed by atoms with Crippen LogP contribution in [0.3, 0.4) is 0 Å². The molecule has 14 heavy (non-hydrogen) atoms. The molecule has 0 aliphatic rings. The van der Waals surface area contributed by atoms with Crippen molar-refractivity contribution in [3.05, 3.63) is 29.4 Å². The first-order chi connectivity index (χ1) is 6.81. The zero-order valence-electron chi connectivity index (χ0n) is 7.14. The van der Waals surface area contributed by atoms with Gasteiger partial charge in [-0.1, -0.05) is 11.6 Å². The van der Waals surface area contributed by atoms with Gasteiger partial charge in [-0.3, -0.25) is 4.68 Å². The van der Waals surface area contributed by atoms with Gasteiger partial charge in [-0.25, -0.2) is 0 Å². The molecule has 0 N–H and O–H groups in total. The van der Waals surface area contributed by atoms with Crippen LogP contribution in [0.2, 0.25) is 5.02 Å². The lowest BCUT2D eigenvalue weighted by molar-refractivity contribution is 0.781. The number of halogens is 1. The highest BCUT2D eigenvalue weighted by atomic mass is 35.5. The van der Waals surface area contributed by atoms with Crippen LogP contribution < -0.4 is 0 Å². The van der Waals surface area contributed by atoms with Crippen LogP contribution in [-0.4, -0.2) is 9.78 Å². The normalized spacial score (nSPS) is 10.3. The number of benzene rings is 1. The van der Waals surface area contributed by atoms with Crippen LogP contribution >= 0.6 is 23.4 Å². The number of hydrogen-bond acceptors (Lipinski definition) is 3. The van der Waals surface area contributed by atoms with E-state index in [1.807, 2.05) is 23.6 Å². The standard InChI is InChI=1S/C9H6ClN3S/c10-8-1-2-9-7(3-8)4-12-13(9)6-14-5-11/h1-4H,6H2. The second-order valence-corrected chi connectivity index (χ2v) is 3.88. The zero-order chi connectivity index (χ0) is 9.97. The van der Waals surface area contributed by atoms with Gasteiger partial charge in [-0.2, -0.15) is 10.4 Å². The highest BCUT2D eigenvalue weighted by Gasteiger charge is 2.02. The molecule has 0 fully saturated rings. The molecule has 3 nitrogen and oxygen atoms in total. The molecule has 2 aromatic rings. The van der Waals surface area contributed by atoms with Gasteiger partial charge in [-0.15, -0.1) is 0 Å². The Morgan fingerprint density at radius 3 is 3.21 bits per heavy atom. The van der Waals surface area contributed by atoms with E-state index < -0.39 is 0 Å². The lowest BCUT2D eigenvalue weighted by Crippen LogP contribution is -1.94. The maximum atomic E-state index is 8.43. The van der Waals surface area contributed by atoms with Crippen molar-refractivity contribution >= 4 is 34.3 Å². The fourth-order valence-electron chi connectivity index (χ4n) is 1.25. The Kier molecular flexibility index (Phi) is 2.62. The molecule has 1 aromatic carbocycles. The van der Waals surface area contributed by atoms with E-state index in [9.17, 15) is 0 Å². The van der Waals surface area contributed by atoms with E-state index in [4.69, 9.17) is 16.9 Å². The van der Waals surface area contributed by atoms with Gasteiger partial charge >= 0.3 is 0 Å². The maximum absolute atomic E-state index is 8.43. The second kappa shape index (κ2) is 3.91. The van der Waals surface area contributed by atoms with Gasteiger partial charge in [0.1, 0.15) is 11.3 Å². The molecule has 1 aromatic heterocycles. The molecule has 0 aliphatic carbocycles. The Morgan fingerprint density at radius 1 is 1.57 bits per heavy atom. The lowest BCUT2D eigenvalue weighted by atomic mass is 10.3. The average Bonchev–Trinajstić information content (AvgIpc) is 2.57. The van der Waals surface area contributed by atoms with Gasteiger partial charge < -0.3 is 0 Å². The third-order valence-electron chi connectivity index (χ3n) is 1.86. The van der Waals surface area contributed by atoms with Gasteiger partial charge in [0.25, 0.3) is 0 Å². The minimum absolute atomic E-state index is 0.543. The Balaban J connectivity index is 2.43. The van der Waals surface area contributed by atoms with E-state index >= 15 is 0 Å². The van der Waals surface area contributed by atoms with E-state index in [2.05, 4.69) is 5.10 Å². The van der Waals surface area contributed by atoms with Crippen molar-refractivity contribution in [2.24, 2.45) is 0 Å². The number of thioether (sulfide) groups is 1. The van der Waals surface area contributed by atoms with Gasteiger partial charge in [0.2, 0.25) is 0 Å². The number of nitriles is 1. The fraction of sp³-hybridized carbons (Fsp3) is 0.111. The topological polar surface area (TPSA) is 41.6 Å². The first kappa shape index (κ1) is 9.38. The van der Waals surface area contributed by atoms with Crippen molar-refractivity contribution in [1.82, 2.24) is 9.78 Å². The first-order valence-corrected chi connectivity index (χ1v) is 5.29. The third kappa shape index (κ3) is 1.69. The number of aromatic nitrogens is 2. The number of rotatable bonds is 2. The van der Waals surface area contributed by atoms with E-state index in [0.29, 0.717) is 10.9 Å². The molecule has 0 unspecified atom stereocenters. The largest absolute Gasteiger partial charge is 0.254 e. The van der Waals surface area contributed by atoms with Crippen molar-refractivity contribution in [3.8, 4) is 5.40 Å². The van der Waals surface area contributed by atoms with Gasteiger partial charge in [-0.05, 0) is 30.0 Å². The number of hydrogen-bond donors (Lipinski definition) is 0. The predicted molar refractivity (Wildman–Crippen MR) is 57.9 cm³/mol. The smallest absolute Gasteiger partial charge is 0.135 e. The third-order valence-corrected chi connectivity index (χ3v) is 2.59. The molecule has 0 saturated heterocycles. The second-order valence-electron chi connectivity index (χ2n) is 2.71. The van der Waals surface area contributed by atoms with Crippen LogP contribution in [0.15, 0.2) is 24.4 Å². The summed E-state index contributed by atoms with van der Waals surface area (Å²) in [6, 6.07) is 5.58. The number of fused-ring (bicyclic) bond motifs is 1. The lowest BCUT2D eigenvalue weighted by Gasteiger charge is -1.98. The predicted octanol–water partition coefficient (Wildman–Crippen LogP) is 2.86. The highest BCUT2D eigenvalue weighted by molar-refractivity contribution is 8.02. The molecule has 2 rings (SSSR count). The van der Waals surface area contributed by atoms with Crippen molar-refractivity contribution in [3.63, 3.8) is 0 Å². The Labute approximate surface area is 90.3 Å².